The summed E-state index contributed by atoms with van der Waals surface area (Å²) < 4.78 is 0. The van der Waals surface area contributed by atoms with E-state index in [1.54, 1.807) is 0 Å². The molecule has 2 N–H and O–H groups in total. The number of thioether (sulfide) groups is 1. The molecule has 1 aromatic carbocycles. The van der Waals surface area contributed by atoms with Gasteiger partial charge < -0.3 is 5.73 Å². The fourth-order valence-electron chi connectivity index (χ4n) is 1.84. The first kappa shape index (κ1) is 15.6. The van der Waals surface area contributed by atoms with Crippen molar-refractivity contribution in [2.24, 2.45) is 11.7 Å². The first-order valence-electron chi connectivity index (χ1n) is 7.00. The second-order valence-electron chi connectivity index (χ2n) is 5.38. The van der Waals surface area contributed by atoms with Crippen molar-refractivity contribution in [1.29, 1.82) is 0 Å². The normalized spacial score (nSPS) is 14.8. The Kier molecular flexibility index (Phi) is 6.80. The maximum atomic E-state index is 6.33. The summed E-state index contributed by atoms with van der Waals surface area (Å²) in [6.45, 7) is 8.96. The zero-order chi connectivity index (χ0) is 13.5. The molecule has 1 rings (SSSR count). The highest BCUT2D eigenvalue weighted by atomic mass is 32.2. The lowest BCUT2D eigenvalue weighted by atomic mass is 10.0. The molecule has 18 heavy (non-hydrogen) atoms. The van der Waals surface area contributed by atoms with Gasteiger partial charge in [-0.15, -0.1) is 0 Å². The Labute approximate surface area is 117 Å². The molecule has 102 valence electrons. The summed E-state index contributed by atoms with van der Waals surface area (Å²) in [6, 6.07) is 8.90. The van der Waals surface area contributed by atoms with Crippen LogP contribution in [0.4, 0.5) is 0 Å². The molecule has 0 saturated carbocycles. The average Bonchev–Trinajstić information content (AvgIpc) is 2.37. The van der Waals surface area contributed by atoms with Gasteiger partial charge in [-0.3, -0.25) is 0 Å². The smallest absolute Gasteiger partial charge is 0.0412 e. The minimum atomic E-state index is 0.146. The van der Waals surface area contributed by atoms with Crippen LogP contribution in [-0.2, 0) is 6.42 Å². The molecule has 1 aromatic rings. The summed E-state index contributed by atoms with van der Waals surface area (Å²) in [5.41, 5.74) is 8.97. The van der Waals surface area contributed by atoms with Gasteiger partial charge >= 0.3 is 0 Å². The van der Waals surface area contributed by atoms with Gasteiger partial charge in [0.25, 0.3) is 0 Å². The molecule has 1 nitrogen and oxygen atoms in total. The van der Waals surface area contributed by atoms with E-state index in [4.69, 9.17) is 5.73 Å². The second-order valence-corrected chi connectivity index (χ2v) is 6.86. The summed E-state index contributed by atoms with van der Waals surface area (Å²) in [6.07, 6.45) is 2.37. The summed E-state index contributed by atoms with van der Waals surface area (Å²) in [5.74, 6) is 1.99. The molecule has 0 aliphatic carbocycles. The topological polar surface area (TPSA) is 26.0 Å². The highest BCUT2D eigenvalue weighted by Crippen LogP contribution is 2.26. The first-order chi connectivity index (χ1) is 8.54. The van der Waals surface area contributed by atoms with Gasteiger partial charge in [0.2, 0.25) is 0 Å². The van der Waals surface area contributed by atoms with Crippen molar-refractivity contribution < 1.29 is 0 Å². The van der Waals surface area contributed by atoms with Crippen molar-refractivity contribution in [2.45, 2.75) is 51.8 Å². The third-order valence-electron chi connectivity index (χ3n) is 3.35. The van der Waals surface area contributed by atoms with Crippen LogP contribution in [-0.4, -0.2) is 11.0 Å². The van der Waals surface area contributed by atoms with E-state index in [-0.39, 0.29) is 6.04 Å². The molecular formula is C16H27NS. The number of benzene rings is 1. The Morgan fingerprint density at radius 2 is 1.72 bits per heavy atom. The molecule has 0 amide bonds. The molecular weight excluding hydrogens is 238 g/mol. The SMILES string of the molecule is CCc1ccc(C(N)C(C)SCCC(C)C)cc1. The molecule has 0 saturated heterocycles. The van der Waals surface area contributed by atoms with Crippen molar-refractivity contribution >= 4 is 11.8 Å². The Morgan fingerprint density at radius 3 is 2.22 bits per heavy atom. The van der Waals surface area contributed by atoms with E-state index in [1.165, 1.54) is 23.3 Å². The van der Waals surface area contributed by atoms with Crippen LogP contribution < -0.4 is 5.73 Å². The van der Waals surface area contributed by atoms with Gasteiger partial charge in [-0.25, -0.2) is 0 Å². The average molecular weight is 265 g/mol. The maximum Gasteiger partial charge on any atom is 0.0412 e. The van der Waals surface area contributed by atoms with Gasteiger partial charge in [0.1, 0.15) is 0 Å². The monoisotopic (exact) mass is 265 g/mol. The molecule has 2 atom stereocenters. The predicted octanol–water partition coefficient (Wildman–Crippen LogP) is 4.42. The summed E-state index contributed by atoms with van der Waals surface area (Å²) in [7, 11) is 0. The lowest BCUT2D eigenvalue weighted by Crippen LogP contribution is -2.21. The molecule has 0 aliphatic rings. The predicted molar refractivity (Wildman–Crippen MR) is 84.1 cm³/mol. The van der Waals surface area contributed by atoms with Crippen molar-refractivity contribution in [1.82, 2.24) is 0 Å². The van der Waals surface area contributed by atoms with Crippen molar-refractivity contribution in [2.75, 3.05) is 5.75 Å². The molecule has 0 fully saturated rings. The third-order valence-corrected chi connectivity index (χ3v) is 4.64. The fraction of sp³-hybridized carbons (Fsp3) is 0.625. The van der Waals surface area contributed by atoms with Crippen molar-refractivity contribution in [3.63, 3.8) is 0 Å². The van der Waals surface area contributed by atoms with Gasteiger partial charge in [-0.1, -0.05) is 52.0 Å². The van der Waals surface area contributed by atoms with Crippen molar-refractivity contribution in [3.8, 4) is 0 Å². The van der Waals surface area contributed by atoms with Gasteiger partial charge in [0.15, 0.2) is 0 Å². The van der Waals surface area contributed by atoms with Crippen LogP contribution in [0.5, 0.6) is 0 Å². The van der Waals surface area contributed by atoms with Crippen LogP contribution in [0.25, 0.3) is 0 Å². The van der Waals surface area contributed by atoms with E-state index >= 15 is 0 Å². The Bertz CT molecular complexity index is 331. The second kappa shape index (κ2) is 7.85. The zero-order valence-electron chi connectivity index (χ0n) is 12.1. The van der Waals surface area contributed by atoms with Crippen LogP contribution >= 0.6 is 11.8 Å². The first-order valence-corrected chi connectivity index (χ1v) is 8.05. The zero-order valence-corrected chi connectivity index (χ0v) is 13.0. The standard InChI is InChI=1S/C16H27NS/c1-5-14-6-8-15(9-7-14)16(17)13(4)18-11-10-12(2)3/h6-9,12-13,16H,5,10-11,17H2,1-4H3. The van der Waals surface area contributed by atoms with Crippen molar-refractivity contribution in [3.05, 3.63) is 35.4 Å². The Morgan fingerprint density at radius 1 is 1.11 bits per heavy atom. The lowest BCUT2D eigenvalue weighted by molar-refractivity contribution is 0.629. The molecule has 0 radical (unpaired) electrons. The summed E-state index contributed by atoms with van der Waals surface area (Å²) in [4.78, 5) is 0. The molecule has 0 spiro atoms. The third kappa shape index (κ3) is 5.03. The van der Waals surface area contributed by atoms with Crippen LogP contribution in [0.1, 0.15) is 51.3 Å². The van der Waals surface area contributed by atoms with E-state index in [2.05, 4.69) is 52.0 Å². The number of nitrogens with two attached hydrogens (primary N) is 1. The molecule has 2 heteroatoms. The molecule has 0 heterocycles. The van der Waals surface area contributed by atoms with Crippen LogP contribution in [0.3, 0.4) is 0 Å². The lowest BCUT2D eigenvalue weighted by Gasteiger charge is -2.20. The van der Waals surface area contributed by atoms with E-state index in [1.807, 2.05) is 11.8 Å². The molecule has 0 bridgehead atoms. The minimum absolute atomic E-state index is 0.146. The maximum absolute atomic E-state index is 6.33. The van der Waals surface area contributed by atoms with E-state index in [0.717, 1.165) is 12.3 Å². The van der Waals surface area contributed by atoms with Crippen LogP contribution in [0.15, 0.2) is 24.3 Å². The number of hydrogen-bond donors (Lipinski definition) is 1. The summed E-state index contributed by atoms with van der Waals surface area (Å²) >= 11 is 1.99. The number of hydrogen-bond acceptors (Lipinski definition) is 2. The van der Waals surface area contributed by atoms with E-state index in [9.17, 15) is 0 Å². The van der Waals surface area contributed by atoms with Gasteiger partial charge in [-0.05, 0) is 35.6 Å². The van der Waals surface area contributed by atoms with Gasteiger partial charge in [-0.2, -0.15) is 11.8 Å². The summed E-state index contributed by atoms with van der Waals surface area (Å²) in [5, 5.41) is 0.483. The molecule has 2 unspecified atom stereocenters. The Hall–Kier alpha value is -0.470. The van der Waals surface area contributed by atoms with Gasteiger partial charge in [0.05, 0.1) is 0 Å². The highest BCUT2D eigenvalue weighted by Gasteiger charge is 2.15. The largest absolute Gasteiger partial charge is 0.323 e. The Balaban J connectivity index is 2.48. The van der Waals surface area contributed by atoms with E-state index < -0.39 is 0 Å². The fourth-order valence-corrected chi connectivity index (χ4v) is 3.18. The van der Waals surface area contributed by atoms with Crippen LogP contribution in [0.2, 0.25) is 0 Å². The molecule has 0 aromatic heterocycles. The molecule has 0 aliphatic heterocycles. The van der Waals surface area contributed by atoms with Crippen LogP contribution in [0, 0.1) is 5.92 Å². The number of rotatable bonds is 7. The quantitative estimate of drug-likeness (QED) is 0.790. The minimum Gasteiger partial charge on any atom is -0.323 e. The van der Waals surface area contributed by atoms with E-state index in [0.29, 0.717) is 5.25 Å². The van der Waals surface area contributed by atoms with Gasteiger partial charge in [0, 0.05) is 11.3 Å². The highest BCUT2D eigenvalue weighted by molar-refractivity contribution is 7.99. The number of aryl methyl sites for hydroxylation is 1.